The minimum absolute atomic E-state index is 0.133. The van der Waals surface area contributed by atoms with Crippen molar-refractivity contribution in [1.29, 1.82) is 5.26 Å². The fourth-order valence-electron chi connectivity index (χ4n) is 1.63. The standard InChI is InChI=1S/C13H16ClN3O/c1-2-3-10(8-16)13(18)17-12-5-4-9(7-15)6-11(12)14/h4-6,10H,2-3,8,16H2,1H3,(H,17,18). The van der Waals surface area contributed by atoms with E-state index >= 15 is 0 Å². The molecule has 96 valence electrons. The SMILES string of the molecule is CCCC(CN)C(=O)Nc1ccc(C#N)cc1Cl. The summed E-state index contributed by atoms with van der Waals surface area (Å²) in [5.41, 5.74) is 6.53. The summed E-state index contributed by atoms with van der Waals surface area (Å²) in [4.78, 5) is 11.9. The predicted octanol–water partition coefficient (Wildman–Crippen LogP) is 2.53. The molecule has 1 amide bonds. The van der Waals surface area contributed by atoms with Gasteiger partial charge in [0.25, 0.3) is 0 Å². The molecule has 1 aromatic carbocycles. The van der Waals surface area contributed by atoms with Gasteiger partial charge >= 0.3 is 0 Å². The summed E-state index contributed by atoms with van der Waals surface area (Å²) in [6, 6.07) is 6.74. The Morgan fingerprint density at radius 1 is 1.61 bits per heavy atom. The van der Waals surface area contributed by atoms with Gasteiger partial charge in [-0.15, -0.1) is 0 Å². The first-order valence-corrected chi connectivity index (χ1v) is 6.20. The third kappa shape index (κ3) is 3.73. The van der Waals surface area contributed by atoms with E-state index in [1.807, 2.05) is 13.0 Å². The molecule has 1 rings (SSSR count). The first kappa shape index (κ1) is 14.5. The Hall–Kier alpha value is -1.57. The van der Waals surface area contributed by atoms with Gasteiger partial charge in [-0.3, -0.25) is 4.79 Å². The molecule has 0 aliphatic heterocycles. The topological polar surface area (TPSA) is 78.9 Å². The largest absolute Gasteiger partial charge is 0.330 e. The fraction of sp³-hybridized carbons (Fsp3) is 0.385. The highest BCUT2D eigenvalue weighted by Crippen LogP contribution is 2.23. The second-order valence-corrected chi connectivity index (χ2v) is 4.42. The molecule has 0 heterocycles. The number of hydrogen-bond donors (Lipinski definition) is 2. The monoisotopic (exact) mass is 265 g/mol. The van der Waals surface area contributed by atoms with Crippen molar-refractivity contribution in [3.05, 3.63) is 28.8 Å². The van der Waals surface area contributed by atoms with Gasteiger partial charge in [0.05, 0.1) is 28.3 Å². The Kier molecular flexibility index (Phi) is 5.63. The number of amides is 1. The average molecular weight is 266 g/mol. The maximum Gasteiger partial charge on any atom is 0.228 e. The quantitative estimate of drug-likeness (QED) is 0.859. The van der Waals surface area contributed by atoms with Gasteiger partial charge < -0.3 is 11.1 Å². The van der Waals surface area contributed by atoms with Gasteiger partial charge in [0, 0.05) is 6.54 Å². The summed E-state index contributed by atoms with van der Waals surface area (Å²) in [5, 5.41) is 11.8. The molecular formula is C13H16ClN3O. The summed E-state index contributed by atoms with van der Waals surface area (Å²) in [6.45, 7) is 2.32. The van der Waals surface area contributed by atoms with Gasteiger partial charge in [-0.2, -0.15) is 5.26 Å². The third-order valence-electron chi connectivity index (χ3n) is 2.65. The van der Waals surface area contributed by atoms with Crippen molar-refractivity contribution in [2.75, 3.05) is 11.9 Å². The van der Waals surface area contributed by atoms with Crippen LogP contribution in [-0.2, 0) is 4.79 Å². The number of nitrogens with one attached hydrogen (secondary N) is 1. The number of benzene rings is 1. The molecule has 0 fully saturated rings. The summed E-state index contributed by atoms with van der Waals surface area (Å²) in [6.07, 6.45) is 1.65. The number of rotatable bonds is 5. The first-order chi connectivity index (χ1) is 8.62. The molecule has 3 N–H and O–H groups in total. The summed E-state index contributed by atoms with van der Waals surface area (Å²) >= 11 is 5.98. The zero-order valence-electron chi connectivity index (χ0n) is 10.2. The Bertz CT molecular complexity index is 468. The molecule has 5 heteroatoms. The molecule has 1 atom stereocenters. The van der Waals surface area contributed by atoms with Crippen molar-refractivity contribution in [1.82, 2.24) is 0 Å². The van der Waals surface area contributed by atoms with Gasteiger partial charge in [0.15, 0.2) is 0 Å². The first-order valence-electron chi connectivity index (χ1n) is 5.83. The van der Waals surface area contributed by atoms with Crippen molar-refractivity contribution >= 4 is 23.2 Å². The van der Waals surface area contributed by atoms with Crippen LogP contribution in [0, 0.1) is 17.2 Å². The van der Waals surface area contributed by atoms with E-state index in [1.54, 1.807) is 12.1 Å². The molecule has 0 aliphatic rings. The molecule has 0 aromatic heterocycles. The Morgan fingerprint density at radius 2 is 2.33 bits per heavy atom. The van der Waals surface area contributed by atoms with E-state index in [4.69, 9.17) is 22.6 Å². The Labute approximate surface area is 112 Å². The number of anilines is 1. The van der Waals surface area contributed by atoms with Gasteiger partial charge in [-0.1, -0.05) is 24.9 Å². The molecule has 0 aliphatic carbocycles. The van der Waals surface area contributed by atoms with Crippen molar-refractivity contribution in [3.63, 3.8) is 0 Å². The normalized spacial score (nSPS) is 11.7. The van der Waals surface area contributed by atoms with E-state index in [0.29, 0.717) is 22.8 Å². The Balaban J connectivity index is 2.78. The van der Waals surface area contributed by atoms with Gasteiger partial charge in [0.2, 0.25) is 5.91 Å². The Morgan fingerprint density at radius 3 is 2.83 bits per heavy atom. The molecule has 0 saturated heterocycles. The zero-order chi connectivity index (χ0) is 13.5. The number of hydrogen-bond acceptors (Lipinski definition) is 3. The van der Waals surface area contributed by atoms with Crippen LogP contribution in [0.25, 0.3) is 0 Å². The number of carbonyl (C=O) groups excluding carboxylic acids is 1. The highest BCUT2D eigenvalue weighted by atomic mass is 35.5. The van der Waals surface area contributed by atoms with E-state index in [9.17, 15) is 4.79 Å². The number of nitrogens with zero attached hydrogens (tertiary/aromatic N) is 1. The van der Waals surface area contributed by atoms with Crippen LogP contribution in [0.5, 0.6) is 0 Å². The second kappa shape index (κ2) is 7.00. The maximum atomic E-state index is 11.9. The minimum atomic E-state index is -0.207. The third-order valence-corrected chi connectivity index (χ3v) is 2.96. The van der Waals surface area contributed by atoms with Crippen LogP contribution in [0.3, 0.4) is 0 Å². The lowest BCUT2D eigenvalue weighted by atomic mass is 10.0. The van der Waals surface area contributed by atoms with E-state index < -0.39 is 0 Å². The maximum absolute atomic E-state index is 11.9. The fourth-order valence-corrected chi connectivity index (χ4v) is 1.85. The molecule has 1 unspecified atom stereocenters. The molecule has 0 saturated carbocycles. The van der Waals surface area contributed by atoms with E-state index in [2.05, 4.69) is 5.32 Å². The second-order valence-electron chi connectivity index (χ2n) is 4.02. The molecule has 0 spiro atoms. The summed E-state index contributed by atoms with van der Waals surface area (Å²) < 4.78 is 0. The smallest absolute Gasteiger partial charge is 0.228 e. The highest BCUT2D eigenvalue weighted by Gasteiger charge is 2.16. The number of halogens is 1. The van der Waals surface area contributed by atoms with Crippen LogP contribution in [-0.4, -0.2) is 12.5 Å². The van der Waals surface area contributed by atoms with Gasteiger partial charge in [-0.25, -0.2) is 0 Å². The van der Waals surface area contributed by atoms with Crippen molar-refractivity contribution in [2.24, 2.45) is 11.7 Å². The number of nitriles is 1. The molecule has 0 bridgehead atoms. The average Bonchev–Trinajstić information content (AvgIpc) is 2.38. The highest BCUT2D eigenvalue weighted by molar-refractivity contribution is 6.33. The molecule has 4 nitrogen and oxygen atoms in total. The van der Waals surface area contributed by atoms with Crippen LogP contribution in [0.15, 0.2) is 18.2 Å². The predicted molar refractivity (Wildman–Crippen MR) is 72.2 cm³/mol. The zero-order valence-corrected chi connectivity index (χ0v) is 11.0. The van der Waals surface area contributed by atoms with Crippen LogP contribution >= 0.6 is 11.6 Å². The number of nitrogens with two attached hydrogens (primary N) is 1. The molecular weight excluding hydrogens is 250 g/mol. The van der Waals surface area contributed by atoms with Crippen molar-refractivity contribution in [3.8, 4) is 6.07 Å². The van der Waals surface area contributed by atoms with Crippen molar-refractivity contribution < 1.29 is 4.79 Å². The van der Waals surface area contributed by atoms with Crippen molar-refractivity contribution in [2.45, 2.75) is 19.8 Å². The van der Waals surface area contributed by atoms with Crippen LogP contribution in [0.4, 0.5) is 5.69 Å². The van der Waals surface area contributed by atoms with E-state index in [-0.39, 0.29) is 11.8 Å². The minimum Gasteiger partial charge on any atom is -0.330 e. The summed E-state index contributed by atoms with van der Waals surface area (Å²) in [7, 11) is 0. The lowest BCUT2D eigenvalue weighted by Gasteiger charge is -2.14. The van der Waals surface area contributed by atoms with E-state index in [0.717, 1.165) is 12.8 Å². The van der Waals surface area contributed by atoms with Gasteiger partial charge in [-0.05, 0) is 24.6 Å². The number of carbonyl (C=O) groups is 1. The van der Waals surface area contributed by atoms with Crippen LogP contribution in [0.1, 0.15) is 25.3 Å². The molecule has 1 aromatic rings. The van der Waals surface area contributed by atoms with Gasteiger partial charge in [0.1, 0.15) is 0 Å². The van der Waals surface area contributed by atoms with E-state index in [1.165, 1.54) is 6.07 Å². The lowest BCUT2D eigenvalue weighted by Crippen LogP contribution is -2.29. The summed E-state index contributed by atoms with van der Waals surface area (Å²) in [5.74, 6) is -0.340. The molecule has 0 radical (unpaired) electrons. The van der Waals surface area contributed by atoms with Crippen LogP contribution in [0.2, 0.25) is 5.02 Å². The molecule has 18 heavy (non-hydrogen) atoms. The van der Waals surface area contributed by atoms with Crippen LogP contribution < -0.4 is 11.1 Å². The lowest BCUT2D eigenvalue weighted by molar-refractivity contribution is -0.119.